The van der Waals surface area contributed by atoms with Gasteiger partial charge in [-0.3, -0.25) is 0 Å². The first-order valence-corrected chi connectivity index (χ1v) is 5.59. The van der Waals surface area contributed by atoms with Crippen LogP contribution in [-0.2, 0) is 0 Å². The zero-order valence-electron chi connectivity index (χ0n) is 9.73. The van der Waals surface area contributed by atoms with Crippen molar-refractivity contribution in [2.45, 2.75) is 26.8 Å². The van der Waals surface area contributed by atoms with Gasteiger partial charge in [0.25, 0.3) is 0 Å². The fourth-order valence-corrected chi connectivity index (χ4v) is 1.68. The number of nitrogens with one attached hydrogen (secondary N) is 1. The number of carbonyl (C=O) groups is 1. The number of hydrogen-bond donors (Lipinski definition) is 1. The molecule has 0 heterocycles. The Morgan fingerprint density at radius 2 is 1.87 bits per heavy atom. The average Bonchev–Trinajstić information content (AvgIpc) is 2.72. The minimum absolute atomic E-state index is 0.0289. The summed E-state index contributed by atoms with van der Waals surface area (Å²) in [5.41, 5.74) is 0. The second kappa shape index (κ2) is 5.59. The van der Waals surface area contributed by atoms with Gasteiger partial charge >= 0.3 is 6.03 Å². The molecule has 1 atom stereocenters. The van der Waals surface area contributed by atoms with Crippen LogP contribution < -0.4 is 5.32 Å². The number of amides is 2. The van der Waals surface area contributed by atoms with Gasteiger partial charge in [-0.1, -0.05) is 24.3 Å². The smallest absolute Gasteiger partial charge is 0.317 e. The van der Waals surface area contributed by atoms with E-state index in [2.05, 4.69) is 17.5 Å². The Morgan fingerprint density at radius 1 is 1.33 bits per heavy atom. The van der Waals surface area contributed by atoms with Gasteiger partial charge in [0.15, 0.2) is 0 Å². The Hall–Kier alpha value is -1.25. The number of allylic oxidation sites excluding steroid dienone is 2. The SMILES string of the molecule is CCN(CC)C(=O)NC(C)C1C=CC=C1. The largest absolute Gasteiger partial charge is 0.335 e. The van der Waals surface area contributed by atoms with Gasteiger partial charge in [-0.2, -0.15) is 0 Å². The molecule has 1 rings (SSSR count). The van der Waals surface area contributed by atoms with E-state index in [1.165, 1.54) is 0 Å². The first-order valence-electron chi connectivity index (χ1n) is 5.59. The van der Waals surface area contributed by atoms with Crippen molar-refractivity contribution in [1.29, 1.82) is 0 Å². The Kier molecular flexibility index (Phi) is 4.40. The Morgan fingerprint density at radius 3 is 2.33 bits per heavy atom. The van der Waals surface area contributed by atoms with E-state index in [1.54, 1.807) is 4.90 Å². The summed E-state index contributed by atoms with van der Waals surface area (Å²) in [5, 5.41) is 3.01. The van der Waals surface area contributed by atoms with Crippen molar-refractivity contribution < 1.29 is 4.79 Å². The third kappa shape index (κ3) is 3.11. The fraction of sp³-hybridized carbons (Fsp3) is 0.583. The molecule has 0 fully saturated rings. The third-order valence-electron chi connectivity index (χ3n) is 2.76. The van der Waals surface area contributed by atoms with E-state index in [-0.39, 0.29) is 12.1 Å². The second-order valence-corrected chi connectivity index (χ2v) is 3.76. The molecule has 1 aliphatic rings. The van der Waals surface area contributed by atoms with Crippen molar-refractivity contribution in [3.05, 3.63) is 24.3 Å². The molecule has 1 N–H and O–H groups in total. The van der Waals surface area contributed by atoms with Gasteiger partial charge in [0, 0.05) is 25.0 Å². The van der Waals surface area contributed by atoms with Crippen LogP contribution in [0.15, 0.2) is 24.3 Å². The van der Waals surface area contributed by atoms with Crippen LogP contribution in [0.1, 0.15) is 20.8 Å². The van der Waals surface area contributed by atoms with Crippen LogP contribution in [0.2, 0.25) is 0 Å². The molecule has 0 saturated carbocycles. The maximum Gasteiger partial charge on any atom is 0.317 e. The highest BCUT2D eigenvalue weighted by atomic mass is 16.2. The van der Waals surface area contributed by atoms with Crippen LogP contribution in [0.25, 0.3) is 0 Å². The monoisotopic (exact) mass is 208 g/mol. The van der Waals surface area contributed by atoms with E-state index in [0.717, 1.165) is 13.1 Å². The van der Waals surface area contributed by atoms with E-state index in [0.29, 0.717) is 5.92 Å². The molecule has 1 aliphatic carbocycles. The summed E-state index contributed by atoms with van der Waals surface area (Å²) in [5.74, 6) is 0.338. The van der Waals surface area contributed by atoms with Crippen molar-refractivity contribution >= 4 is 6.03 Å². The molecule has 15 heavy (non-hydrogen) atoms. The third-order valence-corrected chi connectivity index (χ3v) is 2.76. The molecule has 0 aromatic rings. The maximum atomic E-state index is 11.7. The van der Waals surface area contributed by atoms with Gasteiger partial charge in [-0.05, 0) is 20.8 Å². The normalized spacial score (nSPS) is 16.7. The zero-order valence-corrected chi connectivity index (χ0v) is 9.73. The van der Waals surface area contributed by atoms with Gasteiger partial charge in [0.1, 0.15) is 0 Å². The molecule has 84 valence electrons. The summed E-state index contributed by atoms with van der Waals surface area (Å²) < 4.78 is 0. The lowest BCUT2D eigenvalue weighted by Crippen LogP contribution is -2.45. The van der Waals surface area contributed by atoms with Crippen molar-refractivity contribution in [3.63, 3.8) is 0 Å². The predicted molar refractivity (Wildman–Crippen MR) is 62.7 cm³/mol. The molecule has 2 amide bonds. The van der Waals surface area contributed by atoms with Gasteiger partial charge in [0.2, 0.25) is 0 Å². The first-order chi connectivity index (χ1) is 7.19. The van der Waals surface area contributed by atoms with Crippen molar-refractivity contribution in [2.75, 3.05) is 13.1 Å². The van der Waals surface area contributed by atoms with Gasteiger partial charge in [0.05, 0.1) is 0 Å². The zero-order chi connectivity index (χ0) is 11.3. The summed E-state index contributed by atoms with van der Waals surface area (Å²) in [6.45, 7) is 7.52. The van der Waals surface area contributed by atoms with E-state index in [4.69, 9.17) is 0 Å². The lowest BCUT2D eigenvalue weighted by atomic mass is 10.0. The average molecular weight is 208 g/mol. The molecule has 0 aromatic heterocycles. The maximum absolute atomic E-state index is 11.7. The highest BCUT2D eigenvalue weighted by Crippen LogP contribution is 2.13. The lowest BCUT2D eigenvalue weighted by molar-refractivity contribution is 0.198. The van der Waals surface area contributed by atoms with Crippen LogP contribution in [0.3, 0.4) is 0 Å². The number of hydrogen-bond acceptors (Lipinski definition) is 1. The second-order valence-electron chi connectivity index (χ2n) is 3.76. The highest BCUT2D eigenvalue weighted by Gasteiger charge is 2.17. The molecule has 3 nitrogen and oxygen atoms in total. The Bertz CT molecular complexity index is 255. The summed E-state index contributed by atoms with van der Waals surface area (Å²) in [6.07, 6.45) is 8.25. The molecule has 0 spiro atoms. The number of nitrogens with zero attached hydrogens (tertiary/aromatic N) is 1. The summed E-state index contributed by atoms with van der Waals surface area (Å²) in [7, 11) is 0. The van der Waals surface area contributed by atoms with E-state index in [9.17, 15) is 4.79 Å². The van der Waals surface area contributed by atoms with Crippen molar-refractivity contribution in [1.82, 2.24) is 10.2 Å². The molecule has 0 radical (unpaired) electrons. The molecular formula is C12H20N2O. The standard InChI is InChI=1S/C12H20N2O/c1-4-14(5-2)12(15)13-10(3)11-8-6-7-9-11/h6-11H,4-5H2,1-3H3,(H,13,15). The van der Waals surface area contributed by atoms with Gasteiger partial charge in [-0.15, -0.1) is 0 Å². The molecule has 0 aliphatic heterocycles. The quantitative estimate of drug-likeness (QED) is 0.754. The molecule has 0 saturated heterocycles. The molecule has 3 heteroatoms. The topological polar surface area (TPSA) is 32.3 Å². The molecular weight excluding hydrogens is 188 g/mol. The number of rotatable bonds is 4. The summed E-state index contributed by atoms with van der Waals surface area (Å²) in [4.78, 5) is 13.5. The van der Waals surface area contributed by atoms with Crippen LogP contribution in [0, 0.1) is 5.92 Å². The van der Waals surface area contributed by atoms with Crippen molar-refractivity contribution in [3.8, 4) is 0 Å². The fourth-order valence-electron chi connectivity index (χ4n) is 1.68. The number of carbonyl (C=O) groups excluding carboxylic acids is 1. The van der Waals surface area contributed by atoms with E-state index >= 15 is 0 Å². The van der Waals surface area contributed by atoms with Crippen LogP contribution >= 0.6 is 0 Å². The Balaban J connectivity index is 2.43. The summed E-state index contributed by atoms with van der Waals surface area (Å²) in [6, 6.07) is 0.189. The molecule has 0 aromatic carbocycles. The van der Waals surface area contributed by atoms with Crippen LogP contribution in [0.5, 0.6) is 0 Å². The Labute approximate surface area is 91.8 Å². The van der Waals surface area contributed by atoms with E-state index in [1.807, 2.05) is 32.9 Å². The number of urea groups is 1. The van der Waals surface area contributed by atoms with Crippen LogP contribution in [0.4, 0.5) is 4.79 Å². The first kappa shape index (κ1) is 11.8. The minimum atomic E-state index is 0.0289. The van der Waals surface area contributed by atoms with Gasteiger partial charge < -0.3 is 10.2 Å². The highest BCUT2D eigenvalue weighted by molar-refractivity contribution is 5.74. The lowest BCUT2D eigenvalue weighted by Gasteiger charge is -2.24. The van der Waals surface area contributed by atoms with Crippen molar-refractivity contribution in [2.24, 2.45) is 5.92 Å². The molecule has 1 unspecified atom stereocenters. The summed E-state index contributed by atoms with van der Waals surface area (Å²) >= 11 is 0. The molecule has 0 bridgehead atoms. The van der Waals surface area contributed by atoms with Crippen LogP contribution in [-0.4, -0.2) is 30.1 Å². The van der Waals surface area contributed by atoms with E-state index < -0.39 is 0 Å². The van der Waals surface area contributed by atoms with Gasteiger partial charge in [-0.25, -0.2) is 4.79 Å². The predicted octanol–water partition coefficient (Wildman–Crippen LogP) is 2.17. The minimum Gasteiger partial charge on any atom is -0.335 e.